The Balaban J connectivity index is 0.00000264. The normalized spacial score (nSPS) is 21.7. The first-order chi connectivity index (χ1) is 10.6. The van der Waals surface area contributed by atoms with Gasteiger partial charge in [-0.15, -0.1) is 35.3 Å². The Morgan fingerprint density at radius 3 is 2.61 bits per heavy atom. The largest absolute Gasteiger partial charge is 0.357 e. The second-order valence-electron chi connectivity index (χ2n) is 6.34. The van der Waals surface area contributed by atoms with Crippen LogP contribution in [0.25, 0.3) is 0 Å². The molecule has 6 heteroatoms. The summed E-state index contributed by atoms with van der Waals surface area (Å²) in [5, 5.41) is 8.02. The van der Waals surface area contributed by atoms with Gasteiger partial charge in [0.15, 0.2) is 5.96 Å². The van der Waals surface area contributed by atoms with Gasteiger partial charge in [0, 0.05) is 18.0 Å². The molecule has 2 rings (SSSR count). The van der Waals surface area contributed by atoms with E-state index in [0.717, 1.165) is 41.6 Å². The zero-order chi connectivity index (χ0) is 15.9. The molecule has 0 saturated heterocycles. The topological polar surface area (TPSA) is 49.3 Å². The van der Waals surface area contributed by atoms with Crippen LogP contribution in [0.2, 0.25) is 0 Å². The van der Waals surface area contributed by atoms with Gasteiger partial charge in [-0.1, -0.05) is 26.2 Å². The van der Waals surface area contributed by atoms with Crippen molar-refractivity contribution in [1.29, 1.82) is 0 Å². The number of guanidine groups is 1. The number of aromatic nitrogens is 1. The predicted octanol–water partition coefficient (Wildman–Crippen LogP) is 4.26. The smallest absolute Gasteiger partial charge is 0.191 e. The molecular weight excluding hydrogens is 419 g/mol. The lowest BCUT2D eigenvalue weighted by Crippen LogP contribution is -2.41. The van der Waals surface area contributed by atoms with Crippen LogP contribution in [-0.4, -0.2) is 24.0 Å². The minimum absolute atomic E-state index is 0. The second-order valence-corrected chi connectivity index (χ2v) is 7.63. The summed E-state index contributed by atoms with van der Waals surface area (Å²) in [5.74, 6) is 2.55. The summed E-state index contributed by atoms with van der Waals surface area (Å²) in [4.78, 5) is 10.5. The predicted molar refractivity (Wildman–Crippen MR) is 111 cm³/mol. The molecule has 2 N–H and O–H groups in total. The number of halogens is 1. The van der Waals surface area contributed by atoms with E-state index < -0.39 is 0 Å². The fourth-order valence-electron chi connectivity index (χ4n) is 3.14. The monoisotopic (exact) mass is 450 g/mol. The molecular formula is C17H31IN4S. The van der Waals surface area contributed by atoms with Crippen LogP contribution >= 0.6 is 35.3 Å². The molecule has 0 spiro atoms. The van der Waals surface area contributed by atoms with E-state index in [1.54, 1.807) is 11.3 Å². The molecule has 0 bridgehead atoms. The van der Waals surface area contributed by atoms with Crippen molar-refractivity contribution >= 4 is 41.3 Å². The van der Waals surface area contributed by atoms with Crippen LogP contribution < -0.4 is 10.6 Å². The first-order valence-electron chi connectivity index (χ1n) is 8.55. The van der Waals surface area contributed by atoms with Gasteiger partial charge < -0.3 is 10.6 Å². The Hall–Kier alpha value is -0.370. The Kier molecular flexibility index (Phi) is 9.43. The van der Waals surface area contributed by atoms with Gasteiger partial charge in [0.1, 0.15) is 0 Å². The highest BCUT2D eigenvalue weighted by Crippen LogP contribution is 2.28. The number of hydrogen-bond donors (Lipinski definition) is 2. The Labute approximate surface area is 162 Å². The summed E-state index contributed by atoms with van der Waals surface area (Å²) in [6.07, 6.45) is 5.50. The molecule has 2 atom stereocenters. The van der Waals surface area contributed by atoms with Crippen molar-refractivity contribution in [2.24, 2.45) is 16.8 Å². The van der Waals surface area contributed by atoms with Crippen molar-refractivity contribution in [3.8, 4) is 0 Å². The summed E-state index contributed by atoms with van der Waals surface area (Å²) in [6.45, 7) is 11.3. The third-order valence-electron chi connectivity index (χ3n) is 4.55. The summed E-state index contributed by atoms with van der Waals surface area (Å²) in [7, 11) is 0. The molecule has 1 heterocycles. The lowest BCUT2D eigenvalue weighted by Gasteiger charge is -2.29. The molecule has 1 aromatic rings. The number of aryl methyl sites for hydroxylation is 2. The minimum atomic E-state index is 0. The fourth-order valence-corrected chi connectivity index (χ4v) is 4.00. The van der Waals surface area contributed by atoms with Crippen LogP contribution in [-0.2, 0) is 6.54 Å². The van der Waals surface area contributed by atoms with Crippen molar-refractivity contribution in [2.75, 3.05) is 13.1 Å². The van der Waals surface area contributed by atoms with E-state index in [1.807, 2.05) is 0 Å². The van der Waals surface area contributed by atoms with Crippen LogP contribution in [0, 0.1) is 25.7 Å². The molecule has 23 heavy (non-hydrogen) atoms. The fraction of sp³-hybridized carbons (Fsp3) is 0.765. The lowest BCUT2D eigenvalue weighted by atomic mass is 9.80. The van der Waals surface area contributed by atoms with Crippen LogP contribution in [0.3, 0.4) is 0 Å². The average molecular weight is 450 g/mol. The van der Waals surface area contributed by atoms with E-state index in [1.165, 1.54) is 30.6 Å². The van der Waals surface area contributed by atoms with E-state index in [-0.39, 0.29) is 24.0 Å². The average Bonchev–Trinajstić information content (AvgIpc) is 2.81. The molecule has 1 saturated carbocycles. The van der Waals surface area contributed by atoms with Crippen LogP contribution in [0.1, 0.15) is 55.1 Å². The number of rotatable bonds is 5. The Bertz CT molecular complexity index is 501. The molecule has 1 fully saturated rings. The third-order valence-corrected chi connectivity index (χ3v) is 5.60. The SMILES string of the molecule is CCNC(=NCc1sc(C)nc1C)NCC1CCCCC1C.I. The molecule has 0 amide bonds. The van der Waals surface area contributed by atoms with Crippen molar-refractivity contribution in [2.45, 2.75) is 59.9 Å². The van der Waals surface area contributed by atoms with Crippen molar-refractivity contribution in [3.05, 3.63) is 15.6 Å². The maximum atomic E-state index is 4.73. The second kappa shape index (κ2) is 10.5. The Morgan fingerprint density at radius 1 is 1.26 bits per heavy atom. The van der Waals surface area contributed by atoms with Gasteiger partial charge in [0.2, 0.25) is 0 Å². The first kappa shape index (κ1) is 20.7. The lowest BCUT2D eigenvalue weighted by molar-refractivity contribution is 0.256. The summed E-state index contributed by atoms with van der Waals surface area (Å²) < 4.78 is 0. The van der Waals surface area contributed by atoms with Gasteiger partial charge in [-0.25, -0.2) is 9.98 Å². The van der Waals surface area contributed by atoms with E-state index in [9.17, 15) is 0 Å². The zero-order valence-corrected chi connectivity index (χ0v) is 18.0. The summed E-state index contributed by atoms with van der Waals surface area (Å²) in [5.41, 5.74) is 1.11. The minimum Gasteiger partial charge on any atom is -0.357 e. The standard InChI is InChI=1S/C17H30N4S.HI/c1-5-18-17(19-10-15-9-7-6-8-12(15)2)20-11-16-13(3)21-14(4)22-16;/h12,15H,5-11H2,1-4H3,(H2,18,19,20);1H. The highest BCUT2D eigenvalue weighted by molar-refractivity contribution is 14.0. The summed E-state index contributed by atoms with van der Waals surface area (Å²) in [6, 6.07) is 0. The van der Waals surface area contributed by atoms with Gasteiger partial charge in [0.05, 0.1) is 17.2 Å². The molecule has 0 aromatic carbocycles. The number of nitrogens with one attached hydrogen (secondary N) is 2. The van der Waals surface area contributed by atoms with Gasteiger partial charge in [0.25, 0.3) is 0 Å². The van der Waals surface area contributed by atoms with Crippen molar-refractivity contribution < 1.29 is 0 Å². The van der Waals surface area contributed by atoms with Gasteiger partial charge in [-0.3, -0.25) is 0 Å². The zero-order valence-electron chi connectivity index (χ0n) is 14.8. The van der Waals surface area contributed by atoms with Gasteiger partial charge in [-0.2, -0.15) is 0 Å². The number of thiazole rings is 1. The Morgan fingerprint density at radius 2 is 2.00 bits per heavy atom. The highest BCUT2D eigenvalue weighted by Gasteiger charge is 2.21. The van der Waals surface area contributed by atoms with E-state index in [2.05, 4.69) is 43.3 Å². The van der Waals surface area contributed by atoms with E-state index >= 15 is 0 Å². The molecule has 132 valence electrons. The maximum absolute atomic E-state index is 4.73. The van der Waals surface area contributed by atoms with Crippen molar-refractivity contribution in [3.63, 3.8) is 0 Å². The molecule has 4 nitrogen and oxygen atoms in total. The summed E-state index contributed by atoms with van der Waals surface area (Å²) >= 11 is 1.75. The first-order valence-corrected chi connectivity index (χ1v) is 9.36. The van der Waals surface area contributed by atoms with Crippen LogP contribution in [0.5, 0.6) is 0 Å². The molecule has 1 aliphatic carbocycles. The maximum Gasteiger partial charge on any atom is 0.191 e. The molecule has 2 unspecified atom stereocenters. The van der Waals surface area contributed by atoms with Crippen LogP contribution in [0.4, 0.5) is 0 Å². The van der Waals surface area contributed by atoms with E-state index in [4.69, 9.17) is 4.99 Å². The van der Waals surface area contributed by atoms with Gasteiger partial charge in [-0.05, 0) is 39.0 Å². The third kappa shape index (κ3) is 6.57. The molecule has 0 aliphatic heterocycles. The number of aliphatic imine (C=N–C) groups is 1. The number of nitrogens with zero attached hydrogens (tertiary/aromatic N) is 2. The van der Waals surface area contributed by atoms with E-state index in [0.29, 0.717) is 6.54 Å². The molecule has 0 radical (unpaired) electrons. The van der Waals surface area contributed by atoms with Crippen LogP contribution in [0.15, 0.2) is 4.99 Å². The molecule has 1 aliphatic rings. The molecule has 1 aromatic heterocycles. The van der Waals surface area contributed by atoms with Crippen molar-refractivity contribution in [1.82, 2.24) is 15.6 Å². The number of hydrogen-bond acceptors (Lipinski definition) is 3. The highest BCUT2D eigenvalue weighted by atomic mass is 127. The quantitative estimate of drug-likeness (QED) is 0.401. The van der Waals surface area contributed by atoms with Gasteiger partial charge >= 0.3 is 0 Å².